The summed E-state index contributed by atoms with van der Waals surface area (Å²) in [6.45, 7) is 5.04. The standard InChI is InChI=1S/C31H32N4O2/c1-22-16-17-25-11-6-15-29(31(25)33-22)35-37-18-8-13-26-12-7-14-28(34-26)30-20-27(19-23(2)32-30)36-21-24-9-4-3-5-10-24/h3-5,7,9-10,12,14,16-17,19-20H,6,8,11,13,15,18,21H2,1-2H3. The van der Waals surface area contributed by atoms with E-state index in [4.69, 9.17) is 19.5 Å². The predicted molar refractivity (Wildman–Crippen MR) is 146 cm³/mol. The van der Waals surface area contributed by atoms with Crippen LogP contribution < -0.4 is 4.74 Å². The predicted octanol–water partition coefficient (Wildman–Crippen LogP) is 6.42. The Kier molecular flexibility index (Phi) is 7.84. The highest BCUT2D eigenvalue weighted by atomic mass is 16.6. The number of benzene rings is 1. The van der Waals surface area contributed by atoms with Gasteiger partial charge in [-0.3, -0.25) is 15.0 Å². The van der Waals surface area contributed by atoms with E-state index in [1.165, 1.54) is 5.56 Å². The van der Waals surface area contributed by atoms with Gasteiger partial charge >= 0.3 is 0 Å². The first kappa shape index (κ1) is 24.6. The normalized spacial score (nSPS) is 13.8. The number of rotatable bonds is 9. The number of aromatic nitrogens is 3. The fraction of sp³-hybridized carbons (Fsp3) is 0.290. The fourth-order valence-electron chi connectivity index (χ4n) is 4.49. The molecule has 37 heavy (non-hydrogen) atoms. The molecule has 0 spiro atoms. The summed E-state index contributed by atoms with van der Waals surface area (Å²) < 4.78 is 6.03. The number of nitrogens with zero attached hydrogens (tertiary/aromatic N) is 4. The van der Waals surface area contributed by atoms with E-state index in [1.54, 1.807) is 0 Å². The van der Waals surface area contributed by atoms with Crippen molar-refractivity contribution in [2.45, 2.75) is 52.6 Å². The van der Waals surface area contributed by atoms with E-state index < -0.39 is 0 Å². The maximum absolute atomic E-state index is 6.03. The van der Waals surface area contributed by atoms with Crippen LogP contribution in [0.3, 0.4) is 0 Å². The first-order valence-corrected chi connectivity index (χ1v) is 12.9. The number of hydrogen-bond donors (Lipinski definition) is 0. The Balaban J connectivity index is 1.18. The monoisotopic (exact) mass is 492 g/mol. The Hall–Kier alpha value is -4.06. The summed E-state index contributed by atoms with van der Waals surface area (Å²) in [6.07, 6.45) is 4.68. The molecule has 6 heteroatoms. The van der Waals surface area contributed by atoms with Gasteiger partial charge in [-0.1, -0.05) is 47.6 Å². The molecule has 0 unspecified atom stereocenters. The quantitative estimate of drug-likeness (QED) is 0.199. The summed E-state index contributed by atoms with van der Waals surface area (Å²) in [5.74, 6) is 0.792. The highest BCUT2D eigenvalue weighted by Gasteiger charge is 2.17. The van der Waals surface area contributed by atoms with Gasteiger partial charge in [0.05, 0.1) is 17.1 Å². The molecule has 0 saturated heterocycles. The second kappa shape index (κ2) is 11.8. The third kappa shape index (κ3) is 6.58. The molecular formula is C31H32N4O2. The van der Waals surface area contributed by atoms with Crippen molar-refractivity contribution in [2.75, 3.05) is 6.61 Å². The van der Waals surface area contributed by atoms with Crippen LogP contribution in [-0.2, 0) is 24.3 Å². The van der Waals surface area contributed by atoms with Crippen molar-refractivity contribution in [2.24, 2.45) is 5.16 Å². The van der Waals surface area contributed by atoms with Crippen molar-refractivity contribution < 1.29 is 9.57 Å². The second-order valence-corrected chi connectivity index (χ2v) is 9.41. The third-order valence-electron chi connectivity index (χ3n) is 6.34. The first-order valence-electron chi connectivity index (χ1n) is 12.9. The molecule has 0 radical (unpaired) electrons. The molecule has 1 aliphatic carbocycles. The smallest absolute Gasteiger partial charge is 0.123 e. The summed E-state index contributed by atoms with van der Waals surface area (Å²) >= 11 is 0. The molecule has 3 aromatic heterocycles. The SMILES string of the molecule is Cc1cc(OCc2ccccc2)cc(-c2cccc(CCCON=C3CCCc4ccc(C)nc43)n2)n1. The summed E-state index contributed by atoms with van der Waals surface area (Å²) in [7, 11) is 0. The lowest BCUT2D eigenvalue weighted by molar-refractivity contribution is 0.141. The molecule has 0 aliphatic heterocycles. The topological polar surface area (TPSA) is 69.5 Å². The minimum absolute atomic E-state index is 0.517. The largest absolute Gasteiger partial charge is 0.489 e. The van der Waals surface area contributed by atoms with E-state index in [2.05, 4.69) is 34.4 Å². The molecule has 1 aromatic carbocycles. The van der Waals surface area contributed by atoms with Gasteiger partial charge in [-0.05, 0) is 75.3 Å². The number of fused-ring (bicyclic) bond motifs is 1. The summed E-state index contributed by atoms with van der Waals surface area (Å²) in [6, 6.07) is 24.3. The molecule has 188 valence electrons. The van der Waals surface area contributed by atoms with E-state index in [0.29, 0.717) is 13.2 Å². The molecule has 1 aliphatic rings. The lowest BCUT2D eigenvalue weighted by atomic mass is 9.94. The molecule has 0 saturated carbocycles. The first-order chi connectivity index (χ1) is 18.1. The minimum Gasteiger partial charge on any atom is -0.489 e. The lowest BCUT2D eigenvalue weighted by Crippen LogP contribution is -2.15. The zero-order valence-corrected chi connectivity index (χ0v) is 21.5. The van der Waals surface area contributed by atoms with Crippen molar-refractivity contribution in [3.63, 3.8) is 0 Å². The number of pyridine rings is 3. The summed E-state index contributed by atoms with van der Waals surface area (Å²) in [5.41, 5.74) is 8.91. The van der Waals surface area contributed by atoms with Crippen LogP contribution in [0, 0.1) is 13.8 Å². The second-order valence-electron chi connectivity index (χ2n) is 9.41. The molecule has 0 amide bonds. The molecule has 4 aromatic rings. The van der Waals surface area contributed by atoms with Gasteiger partial charge in [-0.2, -0.15) is 0 Å². The summed E-state index contributed by atoms with van der Waals surface area (Å²) in [4.78, 5) is 19.9. The molecule has 6 nitrogen and oxygen atoms in total. The average molecular weight is 493 g/mol. The van der Waals surface area contributed by atoms with Gasteiger partial charge in [0.25, 0.3) is 0 Å². The Labute approximate surface area is 218 Å². The van der Waals surface area contributed by atoms with E-state index >= 15 is 0 Å². The van der Waals surface area contributed by atoms with Gasteiger partial charge in [-0.15, -0.1) is 0 Å². The van der Waals surface area contributed by atoms with Crippen LogP contribution >= 0.6 is 0 Å². The van der Waals surface area contributed by atoms with Gasteiger partial charge in [0.1, 0.15) is 24.7 Å². The van der Waals surface area contributed by atoms with Gasteiger partial charge in [-0.25, -0.2) is 0 Å². The Morgan fingerprint density at radius 1 is 0.811 bits per heavy atom. The van der Waals surface area contributed by atoms with Crippen molar-refractivity contribution in [3.05, 3.63) is 107 Å². The molecule has 0 fully saturated rings. The van der Waals surface area contributed by atoms with E-state index in [0.717, 1.165) is 83.3 Å². The van der Waals surface area contributed by atoms with Crippen LogP contribution in [0.2, 0.25) is 0 Å². The number of hydrogen-bond acceptors (Lipinski definition) is 6. The van der Waals surface area contributed by atoms with Crippen LogP contribution in [0.15, 0.2) is 78.0 Å². The highest BCUT2D eigenvalue weighted by molar-refractivity contribution is 6.00. The molecule has 0 N–H and O–H groups in total. The molecule has 3 heterocycles. The maximum atomic E-state index is 6.03. The number of aryl methyl sites for hydroxylation is 4. The van der Waals surface area contributed by atoms with Crippen LogP contribution in [0.5, 0.6) is 5.75 Å². The lowest BCUT2D eigenvalue weighted by Gasteiger charge is -2.16. The van der Waals surface area contributed by atoms with Gasteiger partial charge in [0.15, 0.2) is 0 Å². The van der Waals surface area contributed by atoms with Crippen LogP contribution in [0.1, 0.15) is 53.2 Å². The Bertz CT molecular complexity index is 1390. The minimum atomic E-state index is 0.517. The molecular weight excluding hydrogens is 460 g/mol. The van der Waals surface area contributed by atoms with Gasteiger partial charge < -0.3 is 9.57 Å². The maximum Gasteiger partial charge on any atom is 0.123 e. The highest BCUT2D eigenvalue weighted by Crippen LogP contribution is 2.24. The molecule has 0 atom stereocenters. The van der Waals surface area contributed by atoms with E-state index in [-0.39, 0.29) is 0 Å². The Morgan fingerprint density at radius 2 is 1.70 bits per heavy atom. The van der Waals surface area contributed by atoms with E-state index in [9.17, 15) is 0 Å². The van der Waals surface area contributed by atoms with E-state index in [1.807, 2.05) is 62.4 Å². The third-order valence-corrected chi connectivity index (χ3v) is 6.34. The molecule has 5 rings (SSSR count). The van der Waals surface area contributed by atoms with Gasteiger partial charge in [0, 0.05) is 29.2 Å². The van der Waals surface area contributed by atoms with Crippen molar-refractivity contribution >= 4 is 5.71 Å². The van der Waals surface area contributed by atoms with Crippen molar-refractivity contribution in [3.8, 4) is 17.1 Å². The summed E-state index contributed by atoms with van der Waals surface area (Å²) in [5, 5.41) is 4.43. The van der Waals surface area contributed by atoms with Crippen molar-refractivity contribution in [1.29, 1.82) is 0 Å². The van der Waals surface area contributed by atoms with Crippen LogP contribution in [-0.4, -0.2) is 27.3 Å². The zero-order valence-electron chi connectivity index (χ0n) is 21.5. The fourth-order valence-corrected chi connectivity index (χ4v) is 4.49. The van der Waals surface area contributed by atoms with Crippen LogP contribution in [0.25, 0.3) is 11.4 Å². The van der Waals surface area contributed by atoms with Gasteiger partial charge in [0.2, 0.25) is 0 Å². The van der Waals surface area contributed by atoms with Crippen molar-refractivity contribution in [1.82, 2.24) is 15.0 Å². The zero-order chi connectivity index (χ0) is 25.5. The average Bonchev–Trinajstić information content (AvgIpc) is 2.92. The van der Waals surface area contributed by atoms with Crippen LogP contribution in [0.4, 0.5) is 0 Å². The number of oxime groups is 1. The molecule has 0 bridgehead atoms. The number of ether oxygens (including phenoxy) is 1. The Morgan fingerprint density at radius 3 is 2.59 bits per heavy atom.